The first kappa shape index (κ1) is 12.1. The standard InChI is InChI=1S/C16H14O2/c1-2-6-13-11-14(9-10-15(13)17)16(18)12-7-4-3-5-8-12/h2-11,17H,1H3/b6-2-. The minimum atomic E-state index is -0.0404. The summed E-state index contributed by atoms with van der Waals surface area (Å²) < 4.78 is 0. The second kappa shape index (κ2) is 5.32. The van der Waals surface area contributed by atoms with Crippen LogP contribution >= 0.6 is 0 Å². The average Bonchev–Trinajstić information content (AvgIpc) is 2.42. The molecule has 0 aliphatic rings. The van der Waals surface area contributed by atoms with Gasteiger partial charge in [0, 0.05) is 16.7 Å². The molecule has 2 aromatic carbocycles. The van der Waals surface area contributed by atoms with Crippen molar-refractivity contribution < 1.29 is 9.90 Å². The van der Waals surface area contributed by atoms with E-state index in [1.54, 1.807) is 36.4 Å². The molecule has 0 amide bonds. The van der Waals surface area contributed by atoms with Crippen molar-refractivity contribution in [1.29, 1.82) is 0 Å². The third kappa shape index (κ3) is 2.48. The highest BCUT2D eigenvalue weighted by Crippen LogP contribution is 2.21. The Morgan fingerprint density at radius 3 is 2.44 bits per heavy atom. The average molecular weight is 238 g/mol. The minimum Gasteiger partial charge on any atom is -0.507 e. The molecule has 0 radical (unpaired) electrons. The lowest BCUT2D eigenvalue weighted by Gasteiger charge is -2.04. The molecule has 18 heavy (non-hydrogen) atoms. The predicted molar refractivity (Wildman–Crippen MR) is 72.7 cm³/mol. The summed E-state index contributed by atoms with van der Waals surface area (Å²) in [5, 5.41) is 9.66. The molecular formula is C16H14O2. The Hall–Kier alpha value is -2.35. The molecule has 0 unspecified atom stereocenters. The first-order valence-corrected chi connectivity index (χ1v) is 5.78. The van der Waals surface area contributed by atoms with E-state index >= 15 is 0 Å². The summed E-state index contributed by atoms with van der Waals surface area (Å²) in [5.74, 6) is 0.138. The van der Waals surface area contributed by atoms with Gasteiger partial charge < -0.3 is 5.11 Å². The molecule has 0 saturated heterocycles. The van der Waals surface area contributed by atoms with Gasteiger partial charge in [-0.2, -0.15) is 0 Å². The molecule has 0 fully saturated rings. The molecule has 0 aliphatic carbocycles. The lowest BCUT2D eigenvalue weighted by Crippen LogP contribution is -2.01. The Morgan fingerprint density at radius 1 is 1.06 bits per heavy atom. The molecule has 0 aliphatic heterocycles. The number of benzene rings is 2. The first-order chi connectivity index (χ1) is 8.72. The summed E-state index contributed by atoms with van der Waals surface area (Å²) >= 11 is 0. The zero-order valence-electron chi connectivity index (χ0n) is 10.1. The van der Waals surface area contributed by atoms with Crippen molar-refractivity contribution in [3.05, 3.63) is 71.3 Å². The fraction of sp³-hybridized carbons (Fsp3) is 0.0625. The largest absolute Gasteiger partial charge is 0.507 e. The molecule has 2 nitrogen and oxygen atoms in total. The highest BCUT2D eigenvalue weighted by Gasteiger charge is 2.10. The second-order valence-electron chi connectivity index (χ2n) is 3.97. The molecule has 0 heterocycles. The number of allylic oxidation sites excluding steroid dienone is 1. The van der Waals surface area contributed by atoms with E-state index in [-0.39, 0.29) is 11.5 Å². The van der Waals surface area contributed by atoms with Crippen LogP contribution in [0.15, 0.2) is 54.6 Å². The Labute approximate surface area is 106 Å². The second-order valence-corrected chi connectivity index (χ2v) is 3.97. The van der Waals surface area contributed by atoms with Crippen molar-refractivity contribution in [3.8, 4) is 5.75 Å². The monoisotopic (exact) mass is 238 g/mol. The molecule has 90 valence electrons. The van der Waals surface area contributed by atoms with E-state index in [9.17, 15) is 9.90 Å². The predicted octanol–water partition coefficient (Wildman–Crippen LogP) is 3.66. The van der Waals surface area contributed by atoms with Crippen LogP contribution in [-0.4, -0.2) is 10.9 Å². The van der Waals surface area contributed by atoms with Crippen LogP contribution < -0.4 is 0 Å². The van der Waals surface area contributed by atoms with Gasteiger partial charge in [0.25, 0.3) is 0 Å². The number of carbonyl (C=O) groups excluding carboxylic acids is 1. The summed E-state index contributed by atoms with van der Waals surface area (Å²) in [6, 6.07) is 14.0. The molecular weight excluding hydrogens is 224 g/mol. The van der Waals surface area contributed by atoms with Gasteiger partial charge in [0.05, 0.1) is 0 Å². The molecule has 2 heteroatoms. The third-order valence-corrected chi connectivity index (χ3v) is 2.67. The van der Waals surface area contributed by atoms with Gasteiger partial charge in [-0.05, 0) is 25.1 Å². The SMILES string of the molecule is C/C=C\c1cc(C(=O)c2ccccc2)ccc1O. The molecule has 0 atom stereocenters. The normalized spacial score (nSPS) is 10.7. The summed E-state index contributed by atoms with van der Waals surface area (Å²) in [5.41, 5.74) is 1.88. The van der Waals surface area contributed by atoms with Gasteiger partial charge in [0.1, 0.15) is 5.75 Å². The number of rotatable bonds is 3. The Kier molecular flexibility index (Phi) is 3.58. The van der Waals surface area contributed by atoms with E-state index in [1.807, 2.05) is 31.2 Å². The number of phenols is 1. The topological polar surface area (TPSA) is 37.3 Å². The minimum absolute atomic E-state index is 0.0404. The van der Waals surface area contributed by atoms with Gasteiger partial charge in [-0.15, -0.1) is 0 Å². The number of hydrogen-bond donors (Lipinski definition) is 1. The Balaban J connectivity index is 2.40. The van der Waals surface area contributed by atoms with Crippen LogP contribution in [0.5, 0.6) is 5.75 Å². The van der Waals surface area contributed by atoms with Crippen LogP contribution in [0, 0.1) is 0 Å². The Bertz CT molecular complexity index is 583. The van der Waals surface area contributed by atoms with Gasteiger partial charge in [0.15, 0.2) is 5.78 Å². The lowest BCUT2D eigenvalue weighted by atomic mass is 10.0. The molecule has 1 N–H and O–H groups in total. The maximum Gasteiger partial charge on any atom is 0.193 e. The number of hydrogen-bond acceptors (Lipinski definition) is 2. The molecule has 2 aromatic rings. The van der Waals surface area contributed by atoms with Gasteiger partial charge in [-0.1, -0.05) is 42.5 Å². The van der Waals surface area contributed by atoms with E-state index < -0.39 is 0 Å². The van der Waals surface area contributed by atoms with E-state index in [0.29, 0.717) is 16.7 Å². The van der Waals surface area contributed by atoms with Crippen LogP contribution in [0.1, 0.15) is 28.4 Å². The number of carbonyl (C=O) groups is 1. The number of ketones is 1. The molecule has 0 bridgehead atoms. The van der Waals surface area contributed by atoms with Crippen LogP contribution in [0.3, 0.4) is 0 Å². The van der Waals surface area contributed by atoms with Gasteiger partial charge in [-0.25, -0.2) is 0 Å². The molecule has 2 rings (SSSR count). The van der Waals surface area contributed by atoms with Crippen LogP contribution in [-0.2, 0) is 0 Å². The lowest BCUT2D eigenvalue weighted by molar-refractivity contribution is 0.103. The number of phenolic OH excluding ortho intramolecular Hbond substituents is 1. The Morgan fingerprint density at radius 2 is 1.78 bits per heavy atom. The van der Waals surface area contributed by atoms with Crippen LogP contribution in [0.2, 0.25) is 0 Å². The van der Waals surface area contributed by atoms with E-state index in [2.05, 4.69) is 0 Å². The molecule has 0 spiro atoms. The van der Waals surface area contributed by atoms with Crippen molar-refractivity contribution in [1.82, 2.24) is 0 Å². The van der Waals surface area contributed by atoms with E-state index in [4.69, 9.17) is 0 Å². The highest BCUT2D eigenvalue weighted by molar-refractivity contribution is 6.09. The summed E-state index contributed by atoms with van der Waals surface area (Å²) in [7, 11) is 0. The van der Waals surface area contributed by atoms with Crippen molar-refractivity contribution >= 4 is 11.9 Å². The zero-order chi connectivity index (χ0) is 13.0. The summed E-state index contributed by atoms with van der Waals surface area (Å²) in [6.07, 6.45) is 3.60. The van der Waals surface area contributed by atoms with Crippen molar-refractivity contribution in [3.63, 3.8) is 0 Å². The number of aromatic hydroxyl groups is 1. The maximum absolute atomic E-state index is 12.2. The maximum atomic E-state index is 12.2. The fourth-order valence-electron chi connectivity index (χ4n) is 1.77. The van der Waals surface area contributed by atoms with Gasteiger partial charge in [-0.3, -0.25) is 4.79 Å². The van der Waals surface area contributed by atoms with Crippen LogP contribution in [0.25, 0.3) is 6.08 Å². The van der Waals surface area contributed by atoms with Crippen LogP contribution in [0.4, 0.5) is 0 Å². The fourth-order valence-corrected chi connectivity index (χ4v) is 1.77. The summed E-state index contributed by atoms with van der Waals surface area (Å²) in [6.45, 7) is 1.87. The zero-order valence-corrected chi connectivity index (χ0v) is 10.1. The smallest absolute Gasteiger partial charge is 0.193 e. The first-order valence-electron chi connectivity index (χ1n) is 5.78. The van der Waals surface area contributed by atoms with Gasteiger partial charge in [0.2, 0.25) is 0 Å². The summed E-state index contributed by atoms with van der Waals surface area (Å²) in [4.78, 5) is 12.2. The highest BCUT2D eigenvalue weighted by atomic mass is 16.3. The van der Waals surface area contributed by atoms with Crippen molar-refractivity contribution in [2.24, 2.45) is 0 Å². The molecule has 0 saturated carbocycles. The third-order valence-electron chi connectivity index (χ3n) is 2.67. The van der Waals surface area contributed by atoms with E-state index in [0.717, 1.165) is 0 Å². The quantitative estimate of drug-likeness (QED) is 0.828. The van der Waals surface area contributed by atoms with E-state index in [1.165, 1.54) is 0 Å². The van der Waals surface area contributed by atoms with Gasteiger partial charge >= 0.3 is 0 Å². The molecule has 0 aromatic heterocycles. The van der Waals surface area contributed by atoms with Crippen molar-refractivity contribution in [2.75, 3.05) is 0 Å². The van der Waals surface area contributed by atoms with Crippen molar-refractivity contribution in [2.45, 2.75) is 6.92 Å².